The van der Waals surface area contributed by atoms with Gasteiger partial charge in [-0.05, 0) is 31.5 Å². The van der Waals surface area contributed by atoms with Crippen LogP contribution in [-0.4, -0.2) is 9.55 Å². The fourth-order valence-corrected chi connectivity index (χ4v) is 1.76. The van der Waals surface area contributed by atoms with Gasteiger partial charge in [0.05, 0.1) is 11.0 Å². The standard InChI is InChI=1S/C11H14N2S/c1-7(14)9-4-5-11-10(6-9)12-8(2)13(11)3/h4-7,14H,1-3H3. The summed E-state index contributed by atoms with van der Waals surface area (Å²) in [6, 6.07) is 6.33. The molecular weight excluding hydrogens is 192 g/mol. The topological polar surface area (TPSA) is 17.8 Å². The molecule has 0 aliphatic carbocycles. The number of rotatable bonds is 1. The second-order valence-electron chi connectivity index (χ2n) is 3.64. The lowest BCUT2D eigenvalue weighted by Crippen LogP contribution is -1.90. The normalized spacial score (nSPS) is 13.4. The number of aryl methyl sites for hydroxylation is 2. The Hall–Kier alpha value is -0.960. The predicted molar refractivity (Wildman–Crippen MR) is 62.9 cm³/mol. The van der Waals surface area contributed by atoms with Crippen LogP contribution in [0.15, 0.2) is 18.2 Å². The zero-order valence-corrected chi connectivity index (χ0v) is 9.55. The zero-order valence-electron chi connectivity index (χ0n) is 8.65. The molecule has 0 radical (unpaired) electrons. The van der Waals surface area contributed by atoms with E-state index in [1.54, 1.807) is 0 Å². The van der Waals surface area contributed by atoms with E-state index >= 15 is 0 Å². The molecule has 74 valence electrons. The highest BCUT2D eigenvalue weighted by molar-refractivity contribution is 7.80. The monoisotopic (exact) mass is 206 g/mol. The van der Waals surface area contributed by atoms with Crippen molar-refractivity contribution < 1.29 is 0 Å². The SMILES string of the molecule is Cc1nc2cc(C(C)S)ccc2n1C. The first-order valence-electron chi connectivity index (χ1n) is 4.70. The van der Waals surface area contributed by atoms with Gasteiger partial charge in [-0.15, -0.1) is 0 Å². The minimum Gasteiger partial charge on any atom is -0.331 e. The molecule has 1 aromatic carbocycles. The Balaban J connectivity index is 2.67. The molecule has 0 bridgehead atoms. The molecule has 2 rings (SSSR count). The summed E-state index contributed by atoms with van der Waals surface area (Å²) in [6.45, 7) is 4.09. The highest BCUT2D eigenvalue weighted by Gasteiger charge is 2.06. The molecule has 1 aromatic heterocycles. The molecular formula is C11H14N2S. The minimum absolute atomic E-state index is 0.265. The Kier molecular flexibility index (Phi) is 2.27. The number of benzene rings is 1. The Morgan fingerprint density at radius 1 is 1.43 bits per heavy atom. The maximum Gasteiger partial charge on any atom is 0.106 e. The number of hydrogen-bond donors (Lipinski definition) is 1. The molecule has 2 aromatic rings. The van der Waals surface area contributed by atoms with Gasteiger partial charge >= 0.3 is 0 Å². The second kappa shape index (κ2) is 3.31. The second-order valence-corrected chi connectivity index (χ2v) is 4.42. The summed E-state index contributed by atoms with van der Waals surface area (Å²) in [5, 5.41) is 0.265. The van der Waals surface area contributed by atoms with Gasteiger partial charge in [-0.25, -0.2) is 4.98 Å². The lowest BCUT2D eigenvalue weighted by molar-refractivity contribution is 0.886. The van der Waals surface area contributed by atoms with Gasteiger partial charge in [-0.3, -0.25) is 0 Å². The number of aromatic nitrogens is 2. The summed E-state index contributed by atoms with van der Waals surface area (Å²) in [6.07, 6.45) is 0. The highest BCUT2D eigenvalue weighted by atomic mass is 32.1. The Morgan fingerprint density at radius 2 is 2.14 bits per heavy atom. The summed E-state index contributed by atoms with van der Waals surface area (Å²) < 4.78 is 2.10. The molecule has 0 amide bonds. The summed E-state index contributed by atoms with van der Waals surface area (Å²) >= 11 is 4.41. The van der Waals surface area contributed by atoms with Crippen molar-refractivity contribution in [2.75, 3.05) is 0 Å². The van der Waals surface area contributed by atoms with Gasteiger partial charge in [-0.2, -0.15) is 12.6 Å². The van der Waals surface area contributed by atoms with Crippen LogP contribution in [0.5, 0.6) is 0 Å². The smallest absolute Gasteiger partial charge is 0.106 e. The van der Waals surface area contributed by atoms with Gasteiger partial charge in [0.15, 0.2) is 0 Å². The lowest BCUT2D eigenvalue weighted by atomic mass is 10.1. The molecule has 0 saturated heterocycles. The van der Waals surface area contributed by atoms with Crippen molar-refractivity contribution in [2.45, 2.75) is 19.1 Å². The van der Waals surface area contributed by atoms with Crippen LogP contribution in [0, 0.1) is 6.92 Å². The van der Waals surface area contributed by atoms with Crippen LogP contribution < -0.4 is 0 Å². The predicted octanol–water partition coefficient (Wildman–Crippen LogP) is 2.87. The average Bonchev–Trinajstić information content (AvgIpc) is 2.42. The lowest BCUT2D eigenvalue weighted by Gasteiger charge is -2.03. The van der Waals surface area contributed by atoms with Gasteiger partial charge in [0.25, 0.3) is 0 Å². The summed E-state index contributed by atoms with van der Waals surface area (Å²) in [5.41, 5.74) is 3.46. The quantitative estimate of drug-likeness (QED) is 0.710. The van der Waals surface area contributed by atoms with Crippen LogP contribution >= 0.6 is 12.6 Å². The fourth-order valence-electron chi connectivity index (χ4n) is 1.60. The number of fused-ring (bicyclic) bond motifs is 1. The summed E-state index contributed by atoms with van der Waals surface area (Å²) in [4.78, 5) is 4.48. The molecule has 2 nitrogen and oxygen atoms in total. The van der Waals surface area contributed by atoms with Crippen molar-refractivity contribution >= 4 is 23.7 Å². The van der Waals surface area contributed by atoms with E-state index in [1.807, 2.05) is 14.0 Å². The molecule has 1 heterocycles. The van der Waals surface area contributed by atoms with Gasteiger partial charge in [0.1, 0.15) is 5.82 Å². The molecule has 1 unspecified atom stereocenters. The first-order valence-corrected chi connectivity index (χ1v) is 5.22. The molecule has 0 aliphatic heterocycles. The number of imidazole rings is 1. The Morgan fingerprint density at radius 3 is 2.79 bits per heavy atom. The highest BCUT2D eigenvalue weighted by Crippen LogP contribution is 2.23. The maximum atomic E-state index is 4.48. The van der Waals surface area contributed by atoms with Crippen molar-refractivity contribution in [2.24, 2.45) is 7.05 Å². The summed E-state index contributed by atoms with van der Waals surface area (Å²) in [5.74, 6) is 1.05. The third-order valence-corrected chi connectivity index (χ3v) is 2.91. The molecule has 0 aliphatic rings. The van der Waals surface area contributed by atoms with Crippen LogP contribution in [0.2, 0.25) is 0 Å². The number of hydrogen-bond acceptors (Lipinski definition) is 2. The van der Waals surface area contributed by atoms with E-state index in [-0.39, 0.29) is 5.25 Å². The van der Waals surface area contributed by atoms with Crippen molar-refractivity contribution in [3.05, 3.63) is 29.6 Å². The fraction of sp³-hybridized carbons (Fsp3) is 0.364. The van der Waals surface area contributed by atoms with Gasteiger partial charge < -0.3 is 4.57 Å². The first-order chi connectivity index (χ1) is 6.59. The van der Waals surface area contributed by atoms with Gasteiger partial charge in [0, 0.05) is 12.3 Å². The van der Waals surface area contributed by atoms with E-state index in [4.69, 9.17) is 0 Å². The third kappa shape index (κ3) is 1.42. The van der Waals surface area contributed by atoms with Gasteiger partial charge in [0.2, 0.25) is 0 Å². The molecule has 0 saturated carbocycles. The van der Waals surface area contributed by atoms with E-state index in [9.17, 15) is 0 Å². The molecule has 3 heteroatoms. The molecule has 14 heavy (non-hydrogen) atoms. The molecule has 1 atom stereocenters. The first kappa shape index (κ1) is 9.59. The van der Waals surface area contributed by atoms with Crippen LogP contribution in [0.1, 0.15) is 23.6 Å². The van der Waals surface area contributed by atoms with E-state index in [0.29, 0.717) is 0 Å². The number of thiol groups is 1. The van der Waals surface area contributed by atoms with Crippen molar-refractivity contribution in [3.63, 3.8) is 0 Å². The third-order valence-electron chi connectivity index (χ3n) is 2.61. The maximum absolute atomic E-state index is 4.48. The van der Waals surface area contributed by atoms with E-state index in [2.05, 4.69) is 47.3 Å². The number of nitrogens with zero attached hydrogens (tertiary/aromatic N) is 2. The minimum atomic E-state index is 0.265. The van der Waals surface area contributed by atoms with Crippen molar-refractivity contribution in [1.82, 2.24) is 9.55 Å². The van der Waals surface area contributed by atoms with Crippen LogP contribution in [-0.2, 0) is 7.05 Å². The van der Waals surface area contributed by atoms with Crippen molar-refractivity contribution in [3.8, 4) is 0 Å². The van der Waals surface area contributed by atoms with Crippen LogP contribution in [0.25, 0.3) is 11.0 Å². The van der Waals surface area contributed by atoms with Crippen LogP contribution in [0.3, 0.4) is 0 Å². The van der Waals surface area contributed by atoms with E-state index < -0.39 is 0 Å². The zero-order chi connectivity index (χ0) is 10.3. The Bertz CT molecular complexity index is 471. The molecule has 0 spiro atoms. The average molecular weight is 206 g/mol. The van der Waals surface area contributed by atoms with E-state index in [0.717, 1.165) is 11.3 Å². The van der Waals surface area contributed by atoms with Crippen LogP contribution in [0.4, 0.5) is 0 Å². The van der Waals surface area contributed by atoms with Gasteiger partial charge in [-0.1, -0.05) is 6.07 Å². The summed E-state index contributed by atoms with van der Waals surface area (Å²) in [7, 11) is 2.04. The largest absolute Gasteiger partial charge is 0.331 e. The van der Waals surface area contributed by atoms with E-state index in [1.165, 1.54) is 11.1 Å². The molecule has 0 N–H and O–H groups in total. The molecule has 0 fully saturated rings. The van der Waals surface area contributed by atoms with Crippen molar-refractivity contribution in [1.29, 1.82) is 0 Å². The Labute approximate surface area is 89.4 Å².